The first kappa shape index (κ1) is 18.5. The maximum atomic E-state index is 13.3. The van der Waals surface area contributed by atoms with Crippen molar-refractivity contribution in [3.63, 3.8) is 0 Å². The van der Waals surface area contributed by atoms with Crippen LogP contribution in [0.1, 0.15) is 25.3 Å². The number of hydrogen-bond acceptors (Lipinski definition) is 6. The number of carbonyl (C=O) groups excluding carboxylic acids is 2. The molecule has 4 aliphatic heterocycles. The molecule has 1 spiro atoms. The summed E-state index contributed by atoms with van der Waals surface area (Å²) in [4.78, 5) is 27.7. The number of fused-ring (bicyclic) bond motifs is 5. The van der Waals surface area contributed by atoms with E-state index in [0.29, 0.717) is 11.7 Å². The van der Waals surface area contributed by atoms with Crippen molar-refractivity contribution in [3.8, 4) is 5.75 Å². The molecule has 1 amide bonds. The Hall–Kier alpha value is -2.54. The second-order valence-electron chi connectivity index (χ2n) is 8.51. The normalized spacial score (nSPS) is 35.1. The van der Waals surface area contributed by atoms with E-state index in [1.807, 2.05) is 31.2 Å². The number of nitrogens with one attached hydrogen (secondary N) is 1. The van der Waals surface area contributed by atoms with Crippen molar-refractivity contribution in [1.29, 1.82) is 0 Å². The third kappa shape index (κ3) is 2.53. The zero-order chi connectivity index (χ0) is 20.3. The van der Waals surface area contributed by atoms with Crippen LogP contribution in [-0.4, -0.2) is 56.2 Å². The molecule has 2 saturated heterocycles. The van der Waals surface area contributed by atoms with Crippen LogP contribution in [0.15, 0.2) is 30.0 Å². The van der Waals surface area contributed by atoms with Crippen molar-refractivity contribution >= 4 is 17.6 Å². The lowest BCUT2D eigenvalue weighted by Crippen LogP contribution is -2.55. The Morgan fingerprint density at radius 1 is 1.34 bits per heavy atom. The molecule has 1 aromatic carbocycles. The van der Waals surface area contributed by atoms with Crippen molar-refractivity contribution in [2.45, 2.75) is 37.3 Å². The van der Waals surface area contributed by atoms with Crippen LogP contribution in [0, 0.1) is 11.8 Å². The number of amides is 1. The average molecular weight is 398 g/mol. The lowest BCUT2D eigenvalue weighted by atomic mass is 9.68. The van der Waals surface area contributed by atoms with Gasteiger partial charge in [-0.25, -0.2) is 4.79 Å². The zero-order valence-corrected chi connectivity index (χ0v) is 16.9. The monoisotopic (exact) mass is 398 g/mol. The molecule has 1 N–H and O–H groups in total. The number of ether oxygens (including phenoxy) is 3. The summed E-state index contributed by atoms with van der Waals surface area (Å²) in [6.45, 7) is 3.75. The SMILES string of the molecule is COC(=O)C1=CC2CC3N(CCC34C(=O)Nc3ccc(OC)cc34)CC2C(C)O1. The molecule has 1 aromatic rings. The largest absolute Gasteiger partial charge is 0.497 e. The fraction of sp³-hybridized carbons (Fsp3) is 0.545. The highest BCUT2D eigenvalue weighted by Gasteiger charge is 2.60. The van der Waals surface area contributed by atoms with Gasteiger partial charge in [-0.2, -0.15) is 0 Å². The van der Waals surface area contributed by atoms with Crippen molar-refractivity contribution in [2.75, 3.05) is 32.6 Å². The average Bonchev–Trinajstić information content (AvgIpc) is 3.24. The second-order valence-corrected chi connectivity index (χ2v) is 8.51. The predicted molar refractivity (Wildman–Crippen MR) is 106 cm³/mol. The number of piperidine rings is 1. The molecule has 0 radical (unpaired) electrons. The topological polar surface area (TPSA) is 77.1 Å². The maximum absolute atomic E-state index is 13.3. The van der Waals surface area contributed by atoms with Gasteiger partial charge >= 0.3 is 5.97 Å². The zero-order valence-electron chi connectivity index (χ0n) is 16.9. The van der Waals surface area contributed by atoms with Gasteiger partial charge in [0.05, 0.1) is 19.6 Å². The molecule has 0 bridgehead atoms. The van der Waals surface area contributed by atoms with Gasteiger partial charge in [0.25, 0.3) is 0 Å². The summed E-state index contributed by atoms with van der Waals surface area (Å²) >= 11 is 0. The summed E-state index contributed by atoms with van der Waals surface area (Å²) in [5.41, 5.74) is 1.34. The number of carbonyl (C=O) groups is 2. The van der Waals surface area contributed by atoms with Crippen molar-refractivity contribution in [3.05, 3.63) is 35.6 Å². The van der Waals surface area contributed by atoms with Crippen LogP contribution in [0.3, 0.4) is 0 Å². The summed E-state index contributed by atoms with van der Waals surface area (Å²) in [6.07, 6.45) is 3.44. The smallest absolute Gasteiger partial charge is 0.372 e. The number of esters is 1. The number of anilines is 1. The molecule has 0 saturated carbocycles. The highest BCUT2D eigenvalue weighted by Crippen LogP contribution is 2.53. The number of allylic oxidation sites excluding steroid dienone is 1. The van der Waals surface area contributed by atoms with E-state index in [0.717, 1.165) is 42.9 Å². The molecule has 154 valence electrons. The highest BCUT2D eigenvalue weighted by atomic mass is 16.6. The molecule has 7 nitrogen and oxygen atoms in total. The molecule has 29 heavy (non-hydrogen) atoms. The van der Waals surface area contributed by atoms with E-state index >= 15 is 0 Å². The molecular weight excluding hydrogens is 372 g/mol. The van der Waals surface area contributed by atoms with E-state index in [4.69, 9.17) is 14.2 Å². The minimum Gasteiger partial charge on any atom is -0.497 e. The van der Waals surface area contributed by atoms with E-state index in [2.05, 4.69) is 10.2 Å². The Morgan fingerprint density at radius 2 is 2.17 bits per heavy atom. The summed E-state index contributed by atoms with van der Waals surface area (Å²) in [7, 11) is 3.01. The van der Waals surface area contributed by atoms with Crippen LogP contribution >= 0.6 is 0 Å². The van der Waals surface area contributed by atoms with Gasteiger partial charge in [-0.1, -0.05) is 0 Å². The van der Waals surface area contributed by atoms with Gasteiger partial charge in [-0.15, -0.1) is 0 Å². The Balaban J connectivity index is 1.53. The van der Waals surface area contributed by atoms with Crippen molar-refractivity contribution < 1.29 is 23.8 Å². The minimum absolute atomic E-state index is 0.0682. The third-order valence-electron chi connectivity index (χ3n) is 7.32. The van der Waals surface area contributed by atoms with Crippen LogP contribution in [0.4, 0.5) is 5.69 Å². The van der Waals surface area contributed by atoms with Gasteiger partial charge in [0, 0.05) is 24.2 Å². The Labute approximate surface area is 170 Å². The number of methoxy groups -OCH3 is 2. The standard InChI is InChI=1S/C22H26N2O5/c1-12-15-11-24-7-6-22(16-10-14(27-2)4-5-17(16)23-21(22)26)19(24)9-13(15)8-18(29-12)20(25)28-3/h4-5,8,10,12-13,15,19H,6-7,9,11H2,1-3H3,(H,23,26). The number of hydrogen-bond donors (Lipinski definition) is 1. The quantitative estimate of drug-likeness (QED) is 0.769. The molecule has 7 heteroatoms. The summed E-state index contributed by atoms with van der Waals surface area (Å²) < 4.78 is 16.1. The van der Waals surface area contributed by atoms with Crippen molar-refractivity contribution in [2.24, 2.45) is 11.8 Å². The molecule has 4 aliphatic rings. The summed E-state index contributed by atoms with van der Waals surface area (Å²) in [5, 5.41) is 3.10. The van der Waals surface area contributed by atoms with Gasteiger partial charge in [0.2, 0.25) is 11.7 Å². The van der Waals surface area contributed by atoms with Gasteiger partial charge in [-0.3, -0.25) is 9.69 Å². The molecule has 0 aromatic heterocycles. The van der Waals surface area contributed by atoms with E-state index < -0.39 is 11.4 Å². The first-order valence-electron chi connectivity index (χ1n) is 10.2. The molecule has 5 atom stereocenters. The first-order chi connectivity index (χ1) is 14.0. The fourth-order valence-electron chi connectivity index (χ4n) is 5.85. The molecule has 5 rings (SSSR count). The van der Waals surface area contributed by atoms with Crippen LogP contribution in [0.2, 0.25) is 0 Å². The molecule has 2 fully saturated rings. The van der Waals surface area contributed by atoms with Gasteiger partial charge in [-0.05, 0) is 62.1 Å². The van der Waals surface area contributed by atoms with Gasteiger partial charge in [0.1, 0.15) is 11.9 Å². The van der Waals surface area contributed by atoms with E-state index in [9.17, 15) is 9.59 Å². The molecule has 5 unspecified atom stereocenters. The van der Waals surface area contributed by atoms with E-state index in [-0.39, 0.29) is 24.0 Å². The number of nitrogens with zero attached hydrogens (tertiary/aromatic N) is 1. The first-order valence-corrected chi connectivity index (χ1v) is 10.2. The molecule has 4 heterocycles. The second kappa shape index (κ2) is 6.49. The molecule has 0 aliphatic carbocycles. The summed E-state index contributed by atoms with van der Waals surface area (Å²) in [5.74, 6) is 1.16. The van der Waals surface area contributed by atoms with Gasteiger partial charge < -0.3 is 19.5 Å². The number of rotatable bonds is 2. The van der Waals surface area contributed by atoms with Crippen LogP contribution in [0.5, 0.6) is 5.75 Å². The predicted octanol–water partition coefficient (Wildman–Crippen LogP) is 2.07. The Morgan fingerprint density at radius 3 is 2.93 bits per heavy atom. The molecular formula is C22H26N2O5. The Kier molecular flexibility index (Phi) is 4.13. The highest BCUT2D eigenvalue weighted by molar-refractivity contribution is 6.07. The van der Waals surface area contributed by atoms with Crippen LogP contribution in [0.25, 0.3) is 0 Å². The van der Waals surface area contributed by atoms with E-state index in [1.165, 1.54) is 7.11 Å². The number of benzene rings is 1. The minimum atomic E-state index is -0.574. The van der Waals surface area contributed by atoms with E-state index in [1.54, 1.807) is 7.11 Å². The third-order valence-corrected chi connectivity index (χ3v) is 7.32. The summed E-state index contributed by atoms with van der Waals surface area (Å²) in [6, 6.07) is 5.90. The maximum Gasteiger partial charge on any atom is 0.372 e. The fourth-order valence-corrected chi connectivity index (χ4v) is 5.85. The Bertz CT molecular complexity index is 912. The van der Waals surface area contributed by atoms with Gasteiger partial charge in [0.15, 0.2) is 0 Å². The van der Waals surface area contributed by atoms with Crippen LogP contribution < -0.4 is 10.1 Å². The van der Waals surface area contributed by atoms with Crippen LogP contribution in [-0.2, 0) is 24.5 Å². The lowest BCUT2D eigenvalue weighted by Gasteiger charge is -2.47. The lowest BCUT2D eigenvalue weighted by molar-refractivity contribution is -0.144. The van der Waals surface area contributed by atoms with Crippen molar-refractivity contribution in [1.82, 2.24) is 4.90 Å².